The first-order valence-corrected chi connectivity index (χ1v) is 8.29. The number of hydrogen-bond acceptors (Lipinski definition) is 3. The maximum atomic E-state index is 11.9. The Balaban J connectivity index is 1.72. The Morgan fingerprint density at radius 2 is 1.87 bits per heavy atom. The van der Waals surface area contributed by atoms with Gasteiger partial charge in [0, 0.05) is 44.7 Å². The largest absolute Gasteiger partial charge is 0.352 e. The summed E-state index contributed by atoms with van der Waals surface area (Å²) >= 11 is 5.90. The van der Waals surface area contributed by atoms with Crippen molar-refractivity contribution in [2.45, 2.75) is 32.4 Å². The standard InChI is InChI=1S/C17H24ClN3O2/c1-13(22)20(2)12-17(23)19-16-7-9-21(10-8-16)11-14-3-5-15(18)6-4-14/h3-6,16H,7-12H2,1-2H3,(H,19,23). The lowest BCUT2D eigenvalue weighted by Gasteiger charge is -2.32. The number of piperidine rings is 1. The fourth-order valence-corrected chi connectivity index (χ4v) is 2.81. The molecular formula is C17H24ClN3O2. The molecule has 0 aromatic heterocycles. The Labute approximate surface area is 142 Å². The van der Waals surface area contributed by atoms with Gasteiger partial charge < -0.3 is 10.2 Å². The van der Waals surface area contributed by atoms with E-state index in [0.29, 0.717) is 0 Å². The maximum absolute atomic E-state index is 11.9. The lowest BCUT2D eigenvalue weighted by Crippen LogP contribution is -2.47. The molecule has 2 rings (SSSR count). The smallest absolute Gasteiger partial charge is 0.239 e. The maximum Gasteiger partial charge on any atom is 0.239 e. The molecule has 5 nitrogen and oxygen atoms in total. The molecule has 0 spiro atoms. The van der Waals surface area contributed by atoms with Crippen LogP contribution in [0.3, 0.4) is 0 Å². The number of benzene rings is 1. The molecule has 1 aliphatic rings. The summed E-state index contributed by atoms with van der Waals surface area (Å²) in [5, 5.41) is 3.77. The van der Waals surface area contributed by atoms with Crippen molar-refractivity contribution in [3.63, 3.8) is 0 Å². The number of carbonyl (C=O) groups excluding carboxylic acids is 2. The fourth-order valence-electron chi connectivity index (χ4n) is 2.68. The average molecular weight is 338 g/mol. The number of rotatable bonds is 5. The third-order valence-electron chi connectivity index (χ3n) is 4.19. The van der Waals surface area contributed by atoms with E-state index in [-0.39, 0.29) is 24.4 Å². The molecule has 0 radical (unpaired) electrons. The van der Waals surface area contributed by atoms with Crippen LogP contribution in [0.2, 0.25) is 5.02 Å². The Bertz CT molecular complexity index is 539. The van der Waals surface area contributed by atoms with Gasteiger partial charge in [-0.05, 0) is 30.5 Å². The first kappa shape index (κ1) is 17.8. The molecule has 0 aliphatic carbocycles. The van der Waals surface area contributed by atoms with Crippen molar-refractivity contribution in [2.75, 3.05) is 26.7 Å². The van der Waals surface area contributed by atoms with Gasteiger partial charge >= 0.3 is 0 Å². The van der Waals surface area contributed by atoms with Crippen LogP contribution in [-0.4, -0.2) is 54.3 Å². The van der Waals surface area contributed by atoms with Gasteiger partial charge in [-0.2, -0.15) is 0 Å². The van der Waals surface area contributed by atoms with Crippen molar-refractivity contribution in [2.24, 2.45) is 0 Å². The normalized spacial score (nSPS) is 16.1. The molecule has 0 saturated carbocycles. The fraction of sp³-hybridized carbons (Fsp3) is 0.529. The summed E-state index contributed by atoms with van der Waals surface area (Å²) in [6.07, 6.45) is 1.87. The quantitative estimate of drug-likeness (QED) is 0.892. The number of amides is 2. The summed E-state index contributed by atoms with van der Waals surface area (Å²) in [6, 6.07) is 8.12. The van der Waals surface area contributed by atoms with E-state index in [2.05, 4.69) is 10.2 Å². The molecule has 1 heterocycles. The minimum absolute atomic E-state index is 0.0844. The zero-order valence-electron chi connectivity index (χ0n) is 13.7. The highest BCUT2D eigenvalue weighted by Crippen LogP contribution is 2.15. The summed E-state index contributed by atoms with van der Waals surface area (Å²) in [5.41, 5.74) is 1.25. The van der Waals surface area contributed by atoms with Crippen LogP contribution in [0.1, 0.15) is 25.3 Å². The first-order chi connectivity index (χ1) is 10.9. The SMILES string of the molecule is CC(=O)N(C)CC(=O)NC1CCN(Cc2ccc(Cl)cc2)CC1. The molecule has 2 amide bonds. The lowest BCUT2D eigenvalue weighted by molar-refractivity contribution is -0.133. The highest BCUT2D eigenvalue weighted by atomic mass is 35.5. The van der Waals surface area contributed by atoms with Crippen molar-refractivity contribution >= 4 is 23.4 Å². The minimum atomic E-state index is -0.0991. The van der Waals surface area contributed by atoms with E-state index in [4.69, 9.17) is 11.6 Å². The van der Waals surface area contributed by atoms with Gasteiger partial charge in [0.2, 0.25) is 11.8 Å². The molecule has 0 bridgehead atoms. The molecule has 1 aromatic carbocycles. The summed E-state index contributed by atoms with van der Waals surface area (Å²) in [6.45, 7) is 4.40. The molecule has 1 saturated heterocycles. The molecule has 1 fully saturated rings. The molecule has 6 heteroatoms. The summed E-state index contributed by atoms with van der Waals surface area (Å²) < 4.78 is 0. The predicted molar refractivity (Wildman–Crippen MR) is 91.2 cm³/mol. The Morgan fingerprint density at radius 3 is 2.43 bits per heavy atom. The van der Waals surface area contributed by atoms with Gasteiger partial charge in [-0.15, -0.1) is 0 Å². The van der Waals surface area contributed by atoms with Crippen molar-refractivity contribution in [1.29, 1.82) is 0 Å². The molecular weight excluding hydrogens is 314 g/mol. The molecule has 126 valence electrons. The van der Waals surface area contributed by atoms with E-state index in [1.807, 2.05) is 24.3 Å². The monoisotopic (exact) mass is 337 g/mol. The molecule has 1 N–H and O–H groups in total. The van der Waals surface area contributed by atoms with Crippen LogP contribution in [0, 0.1) is 0 Å². The summed E-state index contributed by atoms with van der Waals surface area (Å²) in [7, 11) is 1.64. The van der Waals surface area contributed by atoms with E-state index in [1.54, 1.807) is 7.05 Å². The third-order valence-corrected chi connectivity index (χ3v) is 4.44. The van der Waals surface area contributed by atoms with Gasteiger partial charge in [-0.3, -0.25) is 14.5 Å². The number of hydrogen-bond donors (Lipinski definition) is 1. The van der Waals surface area contributed by atoms with E-state index in [1.165, 1.54) is 17.4 Å². The Hall–Kier alpha value is -1.59. The molecule has 0 atom stereocenters. The van der Waals surface area contributed by atoms with Gasteiger partial charge in [0.05, 0.1) is 6.54 Å². The predicted octanol–water partition coefficient (Wildman–Crippen LogP) is 1.90. The number of nitrogens with one attached hydrogen (secondary N) is 1. The second-order valence-corrected chi connectivity index (χ2v) is 6.56. The number of likely N-dealkylation sites (tertiary alicyclic amines) is 1. The number of likely N-dealkylation sites (N-methyl/N-ethyl adjacent to an activating group) is 1. The van der Waals surface area contributed by atoms with Gasteiger partial charge in [0.25, 0.3) is 0 Å². The Morgan fingerprint density at radius 1 is 1.26 bits per heavy atom. The number of halogens is 1. The van der Waals surface area contributed by atoms with Crippen molar-refractivity contribution in [1.82, 2.24) is 15.1 Å². The number of carbonyl (C=O) groups is 2. The van der Waals surface area contributed by atoms with E-state index >= 15 is 0 Å². The molecule has 0 unspecified atom stereocenters. The van der Waals surface area contributed by atoms with E-state index in [9.17, 15) is 9.59 Å². The van der Waals surface area contributed by atoms with Gasteiger partial charge in [0.1, 0.15) is 0 Å². The second-order valence-electron chi connectivity index (χ2n) is 6.12. The number of nitrogens with zero attached hydrogens (tertiary/aromatic N) is 2. The van der Waals surface area contributed by atoms with Crippen LogP contribution in [0.25, 0.3) is 0 Å². The third kappa shape index (κ3) is 5.84. The Kier molecular flexibility index (Phi) is 6.42. The average Bonchev–Trinajstić information content (AvgIpc) is 2.51. The zero-order chi connectivity index (χ0) is 16.8. The molecule has 1 aromatic rings. The van der Waals surface area contributed by atoms with Gasteiger partial charge in [0.15, 0.2) is 0 Å². The lowest BCUT2D eigenvalue weighted by atomic mass is 10.0. The van der Waals surface area contributed by atoms with Gasteiger partial charge in [-0.25, -0.2) is 0 Å². The first-order valence-electron chi connectivity index (χ1n) is 7.92. The van der Waals surface area contributed by atoms with Crippen LogP contribution >= 0.6 is 11.6 Å². The van der Waals surface area contributed by atoms with Crippen LogP contribution in [0.5, 0.6) is 0 Å². The summed E-state index contributed by atoms with van der Waals surface area (Å²) in [4.78, 5) is 26.8. The second kappa shape index (κ2) is 8.31. The van der Waals surface area contributed by atoms with Crippen LogP contribution < -0.4 is 5.32 Å². The van der Waals surface area contributed by atoms with Crippen LogP contribution in [0.15, 0.2) is 24.3 Å². The van der Waals surface area contributed by atoms with E-state index in [0.717, 1.165) is 37.5 Å². The highest BCUT2D eigenvalue weighted by Gasteiger charge is 2.21. The van der Waals surface area contributed by atoms with Crippen LogP contribution in [-0.2, 0) is 16.1 Å². The van der Waals surface area contributed by atoms with Crippen molar-refractivity contribution < 1.29 is 9.59 Å². The summed E-state index contributed by atoms with van der Waals surface area (Å²) in [5.74, 6) is -0.184. The van der Waals surface area contributed by atoms with Crippen molar-refractivity contribution in [3.8, 4) is 0 Å². The van der Waals surface area contributed by atoms with Crippen LogP contribution in [0.4, 0.5) is 0 Å². The highest BCUT2D eigenvalue weighted by molar-refractivity contribution is 6.30. The van der Waals surface area contributed by atoms with E-state index < -0.39 is 0 Å². The zero-order valence-corrected chi connectivity index (χ0v) is 14.5. The van der Waals surface area contributed by atoms with Crippen molar-refractivity contribution in [3.05, 3.63) is 34.9 Å². The molecule has 23 heavy (non-hydrogen) atoms. The topological polar surface area (TPSA) is 52.7 Å². The minimum Gasteiger partial charge on any atom is -0.352 e. The van der Waals surface area contributed by atoms with Gasteiger partial charge in [-0.1, -0.05) is 23.7 Å². The molecule has 1 aliphatic heterocycles.